The molecule has 0 amide bonds. The third kappa shape index (κ3) is 5.43. The van der Waals surface area contributed by atoms with E-state index >= 15 is 0 Å². The van der Waals surface area contributed by atoms with Gasteiger partial charge in [0.05, 0.1) is 11.6 Å². The first-order chi connectivity index (χ1) is 14.2. The Kier molecular flexibility index (Phi) is 8.50. The lowest BCUT2D eigenvalue weighted by Crippen LogP contribution is -2.12. The second-order valence-corrected chi connectivity index (χ2v) is 9.21. The highest BCUT2D eigenvalue weighted by Gasteiger charge is 2.21. The molecule has 1 atom stereocenters. The van der Waals surface area contributed by atoms with E-state index < -0.39 is 0 Å². The van der Waals surface area contributed by atoms with Crippen molar-refractivity contribution in [1.29, 1.82) is 5.26 Å². The summed E-state index contributed by atoms with van der Waals surface area (Å²) in [6.07, 6.45) is 0.834. The Morgan fingerprint density at radius 3 is 2.03 bits per heavy atom. The van der Waals surface area contributed by atoms with Crippen LogP contribution in [0.25, 0.3) is 0 Å². The first kappa shape index (κ1) is 24.0. The molecular weight excluding hydrogens is 368 g/mol. The monoisotopic (exact) mass is 406 g/mol. The maximum absolute atomic E-state index is 10.0. The zero-order valence-corrected chi connectivity index (χ0v) is 19.8. The molecule has 0 fully saturated rings. The highest BCUT2D eigenvalue weighted by atomic mass is 16.5. The average molecular weight is 407 g/mol. The van der Waals surface area contributed by atoms with Crippen LogP contribution in [0.15, 0.2) is 30.3 Å². The van der Waals surface area contributed by atoms with E-state index in [0.29, 0.717) is 30.9 Å². The first-order valence-corrected chi connectivity index (χ1v) is 11.2. The molecule has 0 heterocycles. The summed E-state index contributed by atoms with van der Waals surface area (Å²) in [5, 5.41) is 10.0. The summed E-state index contributed by atoms with van der Waals surface area (Å²) in [5.41, 5.74) is 12.7. The molecule has 0 aromatic heterocycles. The number of hydrogen-bond donors (Lipinski definition) is 1. The molecule has 0 aliphatic heterocycles. The molecule has 0 bridgehead atoms. The van der Waals surface area contributed by atoms with E-state index in [4.69, 9.17) is 10.5 Å². The smallest absolute Gasteiger partial charge is 0.119 e. The van der Waals surface area contributed by atoms with Gasteiger partial charge < -0.3 is 10.5 Å². The lowest BCUT2D eigenvalue weighted by molar-refractivity contribution is 0.327. The average Bonchev–Trinajstić information content (AvgIpc) is 2.70. The lowest BCUT2D eigenvalue weighted by atomic mass is 9.81. The maximum Gasteiger partial charge on any atom is 0.119 e. The van der Waals surface area contributed by atoms with E-state index in [0.717, 1.165) is 23.3 Å². The second-order valence-electron chi connectivity index (χ2n) is 9.21. The zero-order chi connectivity index (χ0) is 22.4. The second kappa shape index (κ2) is 10.6. The minimum atomic E-state index is 0.279. The Balaban J connectivity index is 2.48. The lowest BCUT2D eigenvalue weighted by Gasteiger charge is -2.23. The Morgan fingerprint density at radius 1 is 0.867 bits per heavy atom. The molecule has 3 heteroatoms. The Hall–Kier alpha value is -2.31. The number of rotatable bonds is 9. The van der Waals surface area contributed by atoms with Crippen LogP contribution in [-0.4, -0.2) is 13.2 Å². The van der Waals surface area contributed by atoms with Gasteiger partial charge in [-0.1, -0.05) is 66.7 Å². The van der Waals surface area contributed by atoms with Crippen LogP contribution in [0.2, 0.25) is 0 Å². The predicted octanol–water partition coefficient (Wildman–Crippen LogP) is 6.61. The highest BCUT2D eigenvalue weighted by Crippen LogP contribution is 2.35. The molecule has 0 saturated heterocycles. The van der Waals surface area contributed by atoms with Crippen molar-refractivity contribution in [2.75, 3.05) is 13.2 Å². The summed E-state index contributed by atoms with van der Waals surface area (Å²) in [5.74, 6) is 2.30. The summed E-state index contributed by atoms with van der Waals surface area (Å²) in [6.45, 7) is 16.5. The summed E-state index contributed by atoms with van der Waals surface area (Å²) in [4.78, 5) is 0. The predicted molar refractivity (Wildman–Crippen MR) is 127 cm³/mol. The van der Waals surface area contributed by atoms with Crippen LogP contribution in [0.3, 0.4) is 0 Å². The third-order valence-electron chi connectivity index (χ3n) is 5.80. The molecule has 2 rings (SSSR count). The highest BCUT2D eigenvalue weighted by molar-refractivity contribution is 5.52. The Labute approximate surface area is 183 Å². The quantitative estimate of drug-likeness (QED) is 0.509. The summed E-state index contributed by atoms with van der Waals surface area (Å²) in [7, 11) is 0. The van der Waals surface area contributed by atoms with Crippen LogP contribution in [0, 0.1) is 11.3 Å². The fraction of sp³-hybridized carbons (Fsp3) is 0.519. The van der Waals surface area contributed by atoms with Crippen molar-refractivity contribution < 1.29 is 4.74 Å². The fourth-order valence-electron chi connectivity index (χ4n) is 4.32. The first-order valence-electron chi connectivity index (χ1n) is 11.2. The van der Waals surface area contributed by atoms with Gasteiger partial charge in [-0.25, -0.2) is 0 Å². The molecule has 0 saturated carbocycles. The van der Waals surface area contributed by atoms with Crippen LogP contribution in [-0.2, 0) is 6.42 Å². The standard InChI is InChI=1S/C27H38N2O/c1-17(2)23-11-9-22(30-13-12-28)15-25(23)20(7)14-21-8-10-24(18(3)4)27(19(5)6)26(21)16-29/h8-11,15,17-20H,12-14,28H2,1-7H3. The van der Waals surface area contributed by atoms with Gasteiger partial charge in [-0.2, -0.15) is 5.26 Å². The van der Waals surface area contributed by atoms with Crippen molar-refractivity contribution in [1.82, 2.24) is 0 Å². The van der Waals surface area contributed by atoms with Gasteiger partial charge in [0.2, 0.25) is 0 Å². The molecule has 2 N–H and O–H groups in total. The van der Waals surface area contributed by atoms with Gasteiger partial charge in [0, 0.05) is 6.54 Å². The van der Waals surface area contributed by atoms with E-state index in [1.807, 2.05) is 6.07 Å². The van der Waals surface area contributed by atoms with Gasteiger partial charge in [0.25, 0.3) is 0 Å². The molecular formula is C27H38N2O. The zero-order valence-electron chi connectivity index (χ0n) is 19.8. The van der Waals surface area contributed by atoms with Gasteiger partial charge in [-0.3, -0.25) is 0 Å². The van der Waals surface area contributed by atoms with Gasteiger partial charge in [-0.05, 0) is 70.0 Å². The summed E-state index contributed by atoms with van der Waals surface area (Å²) >= 11 is 0. The molecule has 1 unspecified atom stereocenters. The van der Waals surface area contributed by atoms with Gasteiger partial charge in [0.15, 0.2) is 0 Å². The van der Waals surface area contributed by atoms with E-state index in [1.165, 1.54) is 22.3 Å². The normalized spacial score (nSPS) is 12.5. The molecule has 162 valence electrons. The molecule has 0 radical (unpaired) electrons. The molecule has 0 aliphatic rings. The van der Waals surface area contributed by atoms with E-state index in [-0.39, 0.29) is 5.92 Å². The van der Waals surface area contributed by atoms with Crippen LogP contribution in [0.4, 0.5) is 0 Å². The minimum absolute atomic E-state index is 0.279. The van der Waals surface area contributed by atoms with Gasteiger partial charge in [-0.15, -0.1) is 0 Å². The largest absolute Gasteiger partial charge is 0.492 e. The molecule has 2 aromatic rings. The summed E-state index contributed by atoms with van der Waals surface area (Å²) < 4.78 is 5.79. The van der Waals surface area contributed by atoms with Crippen LogP contribution in [0.1, 0.15) is 106 Å². The van der Waals surface area contributed by atoms with Gasteiger partial charge in [0.1, 0.15) is 12.4 Å². The summed E-state index contributed by atoms with van der Waals surface area (Å²) in [6, 6.07) is 13.3. The molecule has 0 aliphatic carbocycles. The van der Waals surface area contributed by atoms with Crippen LogP contribution >= 0.6 is 0 Å². The molecule has 0 spiro atoms. The maximum atomic E-state index is 10.0. The van der Waals surface area contributed by atoms with E-state index in [2.05, 4.69) is 78.8 Å². The SMILES string of the molecule is CC(C)c1ccc(OCCN)cc1C(C)Cc1ccc(C(C)C)c(C(C)C)c1C#N. The van der Waals surface area contributed by atoms with Crippen LogP contribution < -0.4 is 10.5 Å². The number of nitrogens with two attached hydrogens (primary N) is 1. The Morgan fingerprint density at radius 2 is 1.50 bits per heavy atom. The molecule has 30 heavy (non-hydrogen) atoms. The topological polar surface area (TPSA) is 59.0 Å². The molecule has 2 aromatic carbocycles. The fourth-order valence-corrected chi connectivity index (χ4v) is 4.32. The van der Waals surface area contributed by atoms with Gasteiger partial charge >= 0.3 is 0 Å². The number of hydrogen-bond acceptors (Lipinski definition) is 3. The number of ether oxygens (including phenoxy) is 1. The number of benzene rings is 2. The van der Waals surface area contributed by atoms with Crippen molar-refractivity contribution in [2.24, 2.45) is 5.73 Å². The van der Waals surface area contributed by atoms with Crippen molar-refractivity contribution in [3.63, 3.8) is 0 Å². The van der Waals surface area contributed by atoms with Crippen molar-refractivity contribution in [2.45, 2.75) is 78.6 Å². The van der Waals surface area contributed by atoms with E-state index in [9.17, 15) is 5.26 Å². The Bertz CT molecular complexity index is 890. The number of nitrogens with zero attached hydrogens (tertiary/aromatic N) is 1. The van der Waals surface area contributed by atoms with Crippen molar-refractivity contribution in [3.8, 4) is 11.8 Å². The number of nitriles is 1. The minimum Gasteiger partial charge on any atom is -0.492 e. The molecule has 3 nitrogen and oxygen atoms in total. The third-order valence-corrected chi connectivity index (χ3v) is 5.80. The van der Waals surface area contributed by atoms with Crippen molar-refractivity contribution >= 4 is 0 Å². The van der Waals surface area contributed by atoms with Crippen molar-refractivity contribution in [3.05, 3.63) is 63.7 Å². The van der Waals surface area contributed by atoms with Crippen LogP contribution in [0.5, 0.6) is 5.75 Å². The van der Waals surface area contributed by atoms with E-state index in [1.54, 1.807) is 0 Å².